The van der Waals surface area contributed by atoms with Crippen molar-refractivity contribution in [2.45, 2.75) is 46.0 Å². The maximum absolute atomic E-state index is 2.30. The van der Waals surface area contributed by atoms with Crippen LogP contribution in [0.4, 0.5) is 0 Å². The molecule has 2 saturated carbocycles. The highest BCUT2D eigenvalue weighted by atomic mass is 14.5. The molecule has 0 aromatic carbocycles. The molecule has 0 N–H and O–H groups in total. The highest BCUT2D eigenvalue weighted by Crippen LogP contribution is 2.55. The Morgan fingerprint density at radius 2 is 1.73 bits per heavy atom. The lowest BCUT2D eigenvalue weighted by atomic mass is 9.99. The van der Waals surface area contributed by atoms with E-state index in [4.69, 9.17) is 0 Å². The maximum Gasteiger partial charge on any atom is -0.0286 e. The van der Waals surface area contributed by atoms with Gasteiger partial charge in [-0.05, 0) is 43.9 Å². The van der Waals surface area contributed by atoms with Gasteiger partial charge in [-0.1, -0.05) is 25.0 Å². The molecule has 0 nitrogen and oxygen atoms in total. The largest absolute Gasteiger partial charge is 0.0715 e. The number of hydrogen-bond donors (Lipinski definition) is 0. The van der Waals surface area contributed by atoms with Crippen LogP contribution in [0.2, 0.25) is 0 Å². The van der Waals surface area contributed by atoms with Crippen LogP contribution in [-0.4, -0.2) is 0 Å². The maximum atomic E-state index is 2.30. The van der Waals surface area contributed by atoms with Crippen LogP contribution in [0.25, 0.3) is 0 Å². The van der Waals surface area contributed by atoms with Crippen molar-refractivity contribution in [2.75, 3.05) is 0 Å². The summed E-state index contributed by atoms with van der Waals surface area (Å²) in [4.78, 5) is 0. The third-order valence-electron chi connectivity index (χ3n) is 3.44. The minimum atomic E-state index is 1.12. The second kappa shape index (κ2) is 2.66. The van der Waals surface area contributed by atoms with E-state index >= 15 is 0 Å². The smallest absolute Gasteiger partial charge is 0.0286 e. The third kappa shape index (κ3) is 1.23. The molecule has 2 aliphatic rings. The molecule has 11 heavy (non-hydrogen) atoms. The Balaban J connectivity index is 2.07. The molecule has 0 spiro atoms. The Kier molecular flexibility index (Phi) is 1.78. The van der Waals surface area contributed by atoms with E-state index in [2.05, 4.69) is 13.8 Å². The molecule has 62 valence electrons. The summed E-state index contributed by atoms with van der Waals surface area (Å²) in [6, 6.07) is 0. The quantitative estimate of drug-likeness (QED) is 0.528. The highest BCUT2D eigenvalue weighted by Gasteiger charge is 2.43. The minimum Gasteiger partial charge on any atom is -0.0715 e. The van der Waals surface area contributed by atoms with Crippen LogP contribution in [0.5, 0.6) is 0 Å². The van der Waals surface area contributed by atoms with Crippen LogP contribution < -0.4 is 0 Å². The number of rotatable bonds is 2. The predicted octanol–water partition coefficient (Wildman–Crippen LogP) is 3.53. The van der Waals surface area contributed by atoms with Gasteiger partial charge in [0.1, 0.15) is 0 Å². The first kappa shape index (κ1) is 7.39. The van der Waals surface area contributed by atoms with Gasteiger partial charge in [0.15, 0.2) is 0 Å². The van der Waals surface area contributed by atoms with Crippen LogP contribution in [0.1, 0.15) is 46.0 Å². The molecule has 0 aromatic heterocycles. The summed E-state index contributed by atoms with van der Waals surface area (Å²) in [6.07, 6.45) is 7.06. The first-order valence-corrected chi connectivity index (χ1v) is 5.04. The Morgan fingerprint density at radius 3 is 2.18 bits per heavy atom. The fourth-order valence-corrected chi connectivity index (χ4v) is 2.57. The van der Waals surface area contributed by atoms with Crippen molar-refractivity contribution in [1.29, 1.82) is 0 Å². The summed E-state index contributed by atoms with van der Waals surface area (Å²) in [5.74, 6) is 2.25. The van der Waals surface area contributed by atoms with Crippen molar-refractivity contribution in [3.8, 4) is 0 Å². The molecule has 2 fully saturated rings. The fraction of sp³-hybridized carbons (Fsp3) is 0.818. The van der Waals surface area contributed by atoms with Gasteiger partial charge in [0, 0.05) is 0 Å². The van der Waals surface area contributed by atoms with Crippen molar-refractivity contribution in [3.05, 3.63) is 11.1 Å². The van der Waals surface area contributed by atoms with Crippen molar-refractivity contribution in [1.82, 2.24) is 0 Å². The second-order valence-corrected chi connectivity index (χ2v) is 4.08. The topological polar surface area (TPSA) is 0 Å². The minimum absolute atomic E-state index is 1.12. The lowest BCUT2D eigenvalue weighted by Crippen LogP contribution is -1.88. The molecule has 0 heterocycles. The monoisotopic (exact) mass is 150 g/mol. The zero-order valence-corrected chi connectivity index (χ0v) is 7.69. The van der Waals surface area contributed by atoms with Gasteiger partial charge in [0.2, 0.25) is 0 Å². The molecule has 0 aromatic rings. The summed E-state index contributed by atoms with van der Waals surface area (Å²) in [5, 5.41) is 0. The third-order valence-corrected chi connectivity index (χ3v) is 3.44. The standard InChI is InChI=1S/C11H18/c1-3-8(4-2)9-5-10-7-11(10)6-9/h10-11H,3-7H2,1-2H3. The van der Waals surface area contributed by atoms with E-state index in [1.807, 2.05) is 5.57 Å². The summed E-state index contributed by atoms with van der Waals surface area (Å²) in [7, 11) is 0. The molecule has 2 atom stereocenters. The van der Waals surface area contributed by atoms with Crippen LogP contribution in [0, 0.1) is 11.8 Å². The summed E-state index contributed by atoms with van der Waals surface area (Å²) >= 11 is 0. The van der Waals surface area contributed by atoms with E-state index in [1.54, 1.807) is 12.0 Å². The highest BCUT2D eigenvalue weighted by molar-refractivity contribution is 5.23. The van der Waals surface area contributed by atoms with Crippen LogP contribution >= 0.6 is 0 Å². The molecule has 0 radical (unpaired) electrons. The molecule has 2 rings (SSSR count). The van der Waals surface area contributed by atoms with E-state index in [-0.39, 0.29) is 0 Å². The van der Waals surface area contributed by atoms with Crippen molar-refractivity contribution in [3.63, 3.8) is 0 Å². The lowest BCUT2D eigenvalue weighted by Gasteiger charge is -2.07. The number of hydrogen-bond acceptors (Lipinski definition) is 0. The van der Waals surface area contributed by atoms with E-state index in [1.165, 1.54) is 25.7 Å². The van der Waals surface area contributed by atoms with Gasteiger partial charge in [-0.15, -0.1) is 0 Å². The molecule has 2 aliphatic carbocycles. The van der Waals surface area contributed by atoms with Gasteiger partial charge in [-0.25, -0.2) is 0 Å². The zero-order chi connectivity index (χ0) is 7.84. The van der Waals surface area contributed by atoms with Gasteiger partial charge < -0.3 is 0 Å². The average molecular weight is 150 g/mol. The van der Waals surface area contributed by atoms with E-state index in [0.717, 1.165) is 11.8 Å². The van der Waals surface area contributed by atoms with Gasteiger partial charge in [-0.3, -0.25) is 0 Å². The Hall–Kier alpha value is -0.260. The predicted molar refractivity (Wildman–Crippen MR) is 48.4 cm³/mol. The molecule has 2 unspecified atom stereocenters. The van der Waals surface area contributed by atoms with Crippen LogP contribution in [-0.2, 0) is 0 Å². The fourth-order valence-electron chi connectivity index (χ4n) is 2.57. The van der Waals surface area contributed by atoms with Crippen molar-refractivity contribution < 1.29 is 0 Å². The van der Waals surface area contributed by atoms with Gasteiger partial charge in [0.05, 0.1) is 0 Å². The number of allylic oxidation sites excluding steroid dienone is 2. The Morgan fingerprint density at radius 1 is 1.18 bits per heavy atom. The average Bonchev–Trinajstić information content (AvgIpc) is 2.62. The molecule has 0 aliphatic heterocycles. The Labute approximate surface area is 69.7 Å². The first-order chi connectivity index (χ1) is 5.35. The summed E-state index contributed by atoms with van der Waals surface area (Å²) < 4.78 is 0. The van der Waals surface area contributed by atoms with Gasteiger partial charge in [-0.2, -0.15) is 0 Å². The van der Waals surface area contributed by atoms with Gasteiger partial charge >= 0.3 is 0 Å². The molecular formula is C11H18. The lowest BCUT2D eigenvalue weighted by molar-refractivity contribution is 0.831. The first-order valence-electron chi connectivity index (χ1n) is 5.04. The number of fused-ring (bicyclic) bond motifs is 1. The molecular weight excluding hydrogens is 132 g/mol. The van der Waals surface area contributed by atoms with E-state index < -0.39 is 0 Å². The normalized spacial score (nSPS) is 33.8. The zero-order valence-electron chi connectivity index (χ0n) is 7.69. The summed E-state index contributed by atoms with van der Waals surface area (Å²) in [5.41, 5.74) is 3.59. The molecule has 0 saturated heterocycles. The molecule has 0 amide bonds. The molecule has 0 heteroatoms. The van der Waals surface area contributed by atoms with Crippen molar-refractivity contribution >= 4 is 0 Å². The van der Waals surface area contributed by atoms with Crippen LogP contribution in [0.3, 0.4) is 0 Å². The second-order valence-electron chi connectivity index (χ2n) is 4.08. The van der Waals surface area contributed by atoms with E-state index in [0.29, 0.717) is 0 Å². The Bertz CT molecular complexity index is 170. The van der Waals surface area contributed by atoms with Crippen molar-refractivity contribution in [2.24, 2.45) is 11.8 Å². The molecule has 0 bridgehead atoms. The van der Waals surface area contributed by atoms with Gasteiger partial charge in [0.25, 0.3) is 0 Å². The van der Waals surface area contributed by atoms with E-state index in [9.17, 15) is 0 Å². The summed E-state index contributed by atoms with van der Waals surface area (Å²) in [6.45, 7) is 4.60. The SMILES string of the molecule is CCC(CC)=C1CC2CC2C1. The van der Waals surface area contributed by atoms with Crippen LogP contribution in [0.15, 0.2) is 11.1 Å².